The Morgan fingerprint density at radius 1 is 1.38 bits per heavy atom. The highest BCUT2D eigenvalue weighted by Crippen LogP contribution is 2.15. The predicted molar refractivity (Wildman–Crippen MR) is 65.0 cm³/mol. The Kier molecular flexibility index (Phi) is 3.90. The van der Waals surface area contributed by atoms with Crippen molar-refractivity contribution in [1.29, 1.82) is 0 Å². The molecule has 0 bridgehead atoms. The van der Waals surface area contributed by atoms with E-state index in [1.165, 1.54) is 14.1 Å². The number of hydrogen-bond donors (Lipinski definition) is 2. The van der Waals surface area contributed by atoms with Crippen LogP contribution in [-0.4, -0.2) is 26.8 Å². The molecule has 0 saturated carbocycles. The molecule has 6 heteroatoms. The van der Waals surface area contributed by atoms with Crippen LogP contribution in [0.1, 0.15) is 11.1 Å². The molecule has 0 atom stereocenters. The van der Waals surface area contributed by atoms with Gasteiger partial charge in [0, 0.05) is 26.3 Å². The van der Waals surface area contributed by atoms with Gasteiger partial charge in [-0.1, -0.05) is 12.1 Å². The van der Waals surface area contributed by atoms with E-state index in [-0.39, 0.29) is 6.54 Å². The van der Waals surface area contributed by atoms with Gasteiger partial charge in [-0.05, 0) is 24.1 Å². The normalized spacial score (nSPS) is 12.0. The molecule has 0 aromatic heterocycles. The van der Waals surface area contributed by atoms with Crippen molar-refractivity contribution in [3.8, 4) is 0 Å². The molecule has 16 heavy (non-hydrogen) atoms. The second-order valence-electron chi connectivity index (χ2n) is 3.74. The fraction of sp³-hybridized carbons (Fsp3) is 0.400. The quantitative estimate of drug-likeness (QED) is 0.755. The zero-order valence-electron chi connectivity index (χ0n) is 9.69. The standard InChI is InChI=1S/C10H17N3O2S/c1-8-9(5-4-6-10(8)11)7-12-16(14,15)13(2)3/h4-6,12H,7,11H2,1-3H3. The molecule has 0 aliphatic rings. The summed E-state index contributed by atoms with van der Waals surface area (Å²) < 4.78 is 26.6. The van der Waals surface area contributed by atoms with E-state index in [1.54, 1.807) is 6.07 Å². The highest BCUT2D eigenvalue weighted by Gasteiger charge is 2.12. The number of nitrogens with one attached hydrogen (secondary N) is 1. The van der Waals surface area contributed by atoms with E-state index in [2.05, 4.69) is 4.72 Å². The van der Waals surface area contributed by atoms with Gasteiger partial charge in [0.05, 0.1) is 0 Å². The van der Waals surface area contributed by atoms with Gasteiger partial charge in [-0.2, -0.15) is 17.4 Å². The average Bonchev–Trinajstić information content (AvgIpc) is 2.20. The van der Waals surface area contributed by atoms with Crippen LogP contribution in [0.2, 0.25) is 0 Å². The van der Waals surface area contributed by atoms with Crippen molar-refractivity contribution >= 4 is 15.9 Å². The smallest absolute Gasteiger partial charge is 0.279 e. The second-order valence-corrected chi connectivity index (χ2v) is 5.71. The number of rotatable bonds is 4. The molecule has 3 N–H and O–H groups in total. The Hall–Kier alpha value is -1.11. The Bertz CT molecular complexity index is 469. The summed E-state index contributed by atoms with van der Waals surface area (Å²) in [5.41, 5.74) is 8.19. The maximum Gasteiger partial charge on any atom is 0.279 e. The molecule has 1 aromatic rings. The molecule has 0 heterocycles. The lowest BCUT2D eigenvalue weighted by Gasteiger charge is -2.14. The van der Waals surface area contributed by atoms with Crippen LogP contribution in [0.4, 0.5) is 5.69 Å². The molecule has 0 unspecified atom stereocenters. The first kappa shape index (κ1) is 13.0. The van der Waals surface area contributed by atoms with Crippen LogP contribution in [-0.2, 0) is 16.8 Å². The number of hydrogen-bond acceptors (Lipinski definition) is 3. The highest BCUT2D eigenvalue weighted by molar-refractivity contribution is 7.87. The minimum atomic E-state index is -3.38. The van der Waals surface area contributed by atoms with Crippen LogP contribution in [0, 0.1) is 6.92 Å². The van der Waals surface area contributed by atoms with E-state index in [9.17, 15) is 8.42 Å². The van der Waals surface area contributed by atoms with Crippen molar-refractivity contribution in [2.24, 2.45) is 0 Å². The molecule has 0 radical (unpaired) electrons. The average molecular weight is 243 g/mol. The van der Waals surface area contributed by atoms with Gasteiger partial charge in [0.1, 0.15) is 0 Å². The number of benzene rings is 1. The SMILES string of the molecule is Cc1c(N)cccc1CNS(=O)(=O)N(C)C. The van der Waals surface area contributed by atoms with Crippen LogP contribution < -0.4 is 10.5 Å². The first-order chi connectivity index (χ1) is 7.34. The van der Waals surface area contributed by atoms with Crippen LogP contribution in [0.3, 0.4) is 0 Å². The maximum atomic E-state index is 11.5. The first-order valence-corrected chi connectivity index (χ1v) is 6.29. The lowest BCUT2D eigenvalue weighted by Crippen LogP contribution is -2.35. The second kappa shape index (κ2) is 4.82. The number of nitrogens with zero attached hydrogens (tertiary/aromatic N) is 1. The van der Waals surface area contributed by atoms with E-state index in [0.29, 0.717) is 5.69 Å². The highest BCUT2D eigenvalue weighted by atomic mass is 32.2. The van der Waals surface area contributed by atoms with Gasteiger partial charge < -0.3 is 5.73 Å². The molecule has 0 aliphatic carbocycles. The van der Waals surface area contributed by atoms with E-state index >= 15 is 0 Å². The number of nitrogen functional groups attached to an aromatic ring is 1. The largest absolute Gasteiger partial charge is 0.399 e. The summed E-state index contributed by atoms with van der Waals surface area (Å²) in [5, 5.41) is 0. The molecule has 0 saturated heterocycles. The third-order valence-corrected chi connectivity index (χ3v) is 3.88. The summed E-state index contributed by atoms with van der Waals surface area (Å²) in [4.78, 5) is 0. The van der Waals surface area contributed by atoms with E-state index in [1.807, 2.05) is 19.1 Å². The summed E-state index contributed by atoms with van der Waals surface area (Å²) in [6.45, 7) is 2.12. The fourth-order valence-corrected chi connectivity index (χ4v) is 1.79. The Morgan fingerprint density at radius 3 is 2.56 bits per heavy atom. The van der Waals surface area contributed by atoms with Crippen LogP contribution in [0.5, 0.6) is 0 Å². The monoisotopic (exact) mass is 243 g/mol. The molecule has 0 fully saturated rings. The minimum absolute atomic E-state index is 0.247. The van der Waals surface area contributed by atoms with Crippen LogP contribution in [0.25, 0.3) is 0 Å². The van der Waals surface area contributed by atoms with Crippen molar-refractivity contribution in [1.82, 2.24) is 9.03 Å². The van der Waals surface area contributed by atoms with Gasteiger partial charge in [-0.15, -0.1) is 0 Å². The van der Waals surface area contributed by atoms with Gasteiger partial charge in [-0.3, -0.25) is 0 Å². The lowest BCUT2D eigenvalue weighted by molar-refractivity contribution is 0.505. The molecular weight excluding hydrogens is 226 g/mol. The minimum Gasteiger partial charge on any atom is -0.399 e. The van der Waals surface area contributed by atoms with Gasteiger partial charge >= 0.3 is 0 Å². The Labute approximate surface area is 96.4 Å². The van der Waals surface area contributed by atoms with Crippen molar-refractivity contribution in [3.05, 3.63) is 29.3 Å². The summed E-state index contributed by atoms with van der Waals surface area (Å²) >= 11 is 0. The van der Waals surface area contributed by atoms with Gasteiger partial charge in [-0.25, -0.2) is 0 Å². The summed E-state index contributed by atoms with van der Waals surface area (Å²) in [6, 6.07) is 5.45. The third kappa shape index (κ3) is 2.94. The van der Waals surface area contributed by atoms with Crippen molar-refractivity contribution in [2.75, 3.05) is 19.8 Å². The molecule has 0 aliphatic heterocycles. The molecule has 0 spiro atoms. The summed E-state index contributed by atoms with van der Waals surface area (Å²) in [6.07, 6.45) is 0. The summed E-state index contributed by atoms with van der Waals surface area (Å²) in [7, 11) is -0.422. The Balaban J connectivity index is 2.80. The van der Waals surface area contributed by atoms with Crippen molar-refractivity contribution < 1.29 is 8.42 Å². The van der Waals surface area contributed by atoms with E-state index in [0.717, 1.165) is 15.4 Å². The molecule has 5 nitrogen and oxygen atoms in total. The molecule has 90 valence electrons. The maximum absolute atomic E-state index is 11.5. The predicted octanol–water partition coefficient (Wildman–Crippen LogP) is 0.473. The van der Waals surface area contributed by atoms with E-state index < -0.39 is 10.2 Å². The van der Waals surface area contributed by atoms with Crippen LogP contribution in [0.15, 0.2) is 18.2 Å². The Morgan fingerprint density at radius 2 is 2.00 bits per heavy atom. The summed E-state index contributed by atoms with van der Waals surface area (Å²) in [5.74, 6) is 0. The fourth-order valence-electron chi connectivity index (χ4n) is 1.19. The van der Waals surface area contributed by atoms with Gasteiger partial charge in [0.2, 0.25) is 0 Å². The number of anilines is 1. The molecule has 1 aromatic carbocycles. The molecule has 0 amide bonds. The number of nitrogens with two attached hydrogens (primary N) is 1. The first-order valence-electron chi connectivity index (χ1n) is 4.85. The van der Waals surface area contributed by atoms with Crippen molar-refractivity contribution in [2.45, 2.75) is 13.5 Å². The van der Waals surface area contributed by atoms with E-state index in [4.69, 9.17) is 5.73 Å². The van der Waals surface area contributed by atoms with Crippen molar-refractivity contribution in [3.63, 3.8) is 0 Å². The zero-order chi connectivity index (χ0) is 12.3. The third-order valence-electron chi connectivity index (χ3n) is 2.41. The van der Waals surface area contributed by atoms with Gasteiger partial charge in [0.25, 0.3) is 10.2 Å². The molecular formula is C10H17N3O2S. The molecule has 1 rings (SSSR count). The van der Waals surface area contributed by atoms with Crippen LogP contribution >= 0.6 is 0 Å². The van der Waals surface area contributed by atoms with Gasteiger partial charge in [0.15, 0.2) is 0 Å². The zero-order valence-corrected chi connectivity index (χ0v) is 10.5. The lowest BCUT2D eigenvalue weighted by atomic mass is 10.1. The topological polar surface area (TPSA) is 75.4 Å².